The Hall–Kier alpha value is -3.28. The molecule has 4 N–H and O–H groups in total. The average molecular weight is 663 g/mol. The highest BCUT2D eigenvalue weighted by atomic mass is 79.9. The first-order valence-corrected chi connectivity index (χ1v) is 18.4. The first kappa shape index (κ1) is 29.8. The van der Waals surface area contributed by atoms with E-state index in [1.165, 1.54) is 0 Å². The Labute approximate surface area is 260 Å². The van der Waals surface area contributed by atoms with Gasteiger partial charge in [-0.15, -0.1) is 0 Å². The van der Waals surface area contributed by atoms with Crippen molar-refractivity contribution in [2.45, 2.75) is 56.7 Å². The van der Waals surface area contributed by atoms with Crippen molar-refractivity contribution in [2.24, 2.45) is 5.92 Å². The van der Waals surface area contributed by atoms with Crippen molar-refractivity contribution in [3.8, 4) is 0 Å². The van der Waals surface area contributed by atoms with Crippen LogP contribution in [0.25, 0.3) is 10.9 Å². The van der Waals surface area contributed by atoms with E-state index in [1.54, 1.807) is 4.90 Å². The van der Waals surface area contributed by atoms with Crippen LogP contribution in [-0.2, 0) is 32.9 Å². The molecule has 8 nitrogen and oxygen atoms in total. The van der Waals surface area contributed by atoms with Crippen LogP contribution in [0.2, 0.25) is 18.6 Å². The number of H-pyrrole nitrogens is 1. The lowest BCUT2D eigenvalue weighted by molar-refractivity contribution is -0.146. The maximum Gasteiger partial charge on any atom is 0.264 e. The van der Waals surface area contributed by atoms with Crippen molar-refractivity contribution in [2.75, 3.05) is 16.8 Å². The van der Waals surface area contributed by atoms with Gasteiger partial charge in [-0.25, -0.2) is 0 Å². The summed E-state index contributed by atoms with van der Waals surface area (Å²) < 4.78 is 7.50. The van der Waals surface area contributed by atoms with E-state index < -0.39 is 20.0 Å². The topological polar surface area (TPSA) is 115 Å². The molecule has 1 saturated heterocycles. The molecule has 2 aliphatic heterocycles. The Kier molecular flexibility index (Phi) is 7.85. The molecule has 1 spiro atoms. The number of aliphatic hydroxyl groups is 1. The van der Waals surface area contributed by atoms with Gasteiger partial charge in [0.25, 0.3) is 5.91 Å². The molecular formula is C33H36BrN3O5Si. The number of ether oxygens (including phenoxy) is 1. The fourth-order valence-corrected chi connectivity index (χ4v) is 10.2. The van der Waals surface area contributed by atoms with Crippen LogP contribution in [0.15, 0.2) is 77.4 Å². The number of hydrogen-bond acceptors (Lipinski definition) is 5. The van der Waals surface area contributed by atoms with Crippen LogP contribution >= 0.6 is 15.9 Å². The van der Waals surface area contributed by atoms with Crippen LogP contribution in [0.4, 0.5) is 11.4 Å². The number of halogens is 1. The molecule has 0 unspecified atom stereocenters. The third-order valence-electron chi connectivity index (χ3n) is 8.94. The van der Waals surface area contributed by atoms with Crippen LogP contribution in [0, 0.1) is 5.92 Å². The molecular weight excluding hydrogens is 626 g/mol. The minimum atomic E-state index is -2.76. The van der Waals surface area contributed by atoms with Crippen molar-refractivity contribution < 1.29 is 24.2 Å². The van der Waals surface area contributed by atoms with Gasteiger partial charge in [0.2, 0.25) is 5.91 Å². The number of aromatic amines is 1. The number of amides is 2. The average Bonchev–Trinajstić information content (AvgIpc) is 3.56. The summed E-state index contributed by atoms with van der Waals surface area (Å²) in [7, 11) is -2.76. The quantitative estimate of drug-likeness (QED) is 0.177. The highest BCUT2D eigenvalue weighted by molar-refractivity contribution is 9.10. The number of hydrogen-bond donors (Lipinski definition) is 4. The van der Waals surface area contributed by atoms with Crippen LogP contribution < -0.4 is 10.2 Å². The number of aliphatic hydroxyl groups excluding tert-OH is 1. The Morgan fingerprint density at radius 2 is 1.93 bits per heavy atom. The number of nitrogens with one attached hydrogen (secondary N) is 2. The van der Waals surface area contributed by atoms with Crippen molar-refractivity contribution in [1.82, 2.24) is 4.98 Å². The summed E-state index contributed by atoms with van der Waals surface area (Å²) in [6.45, 7) is 5.93. The van der Waals surface area contributed by atoms with Gasteiger partial charge < -0.3 is 29.8 Å². The minimum absolute atomic E-state index is 0.0868. The summed E-state index contributed by atoms with van der Waals surface area (Å²) in [6.07, 6.45) is 2.02. The van der Waals surface area contributed by atoms with Crippen molar-refractivity contribution >= 4 is 58.3 Å². The first-order chi connectivity index (χ1) is 20.5. The van der Waals surface area contributed by atoms with E-state index in [-0.39, 0.29) is 42.8 Å². The SMILES string of the molecule is C[C@@H]1[C@@H]([Si](C)(C)O)[C@H](CCO)O[C@@]12C(=O)N(Cc1cccc(NC(=O)Cc3c[nH]c4ccccc34)c1)c1ccc(Br)cc12. The van der Waals surface area contributed by atoms with Gasteiger partial charge in [0.15, 0.2) is 13.9 Å². The molecule has 2 aliphatic rings. The van der Waals surface area contributed by atoms with Gasteiger partial charge in [0, 0.05) is 50.9 Å². The number of para-hydroxylation sites is 1. The highest BCUT2D eigenvalue weighted by Crippen LogP contribution is 2.60. The fourth-order valence-electron chi connectivity index (χ4n) is 7.19. The zero-order valence-corrected chi connectivity index (χ0v) is 27.0. The van der Waals surface area contributed by atoms with Gasteiger partial charge in [0.05, 0.1) is 24.8 Å². The van der Waals surface area contributed by atoms with Gasteiger partial charge in [-0.2, -0.15) is 0 Å². The van der Waals surface area contributed by atoms with Gasteiger partial charge in [-0.3, -0.25) is 9.59 Å². The molecule has 3 aromatic carbocycles. The second kappa shape index (κ2) is 11.3. The zero-order valence-electron chi connectivity index (χ0n) is 24.4. The molecule has 0 bridgehead atoms. The van der Waals surface area contributed by atoms with Gasteiger partial charge >= 0.3 is 0 Å². The van der Waals surface area contributed by atoms with Gasteiger partial charge in [-0.1, -0.05) is 53.2 Å². The van der Waals surface area contributed by atoms with Gasteiger partial charge in [0.1, 0.15) is 0 Å². The van der Waals surface area contributed by atoms with Crippen LogP contribution in [0.1, 0.15) is 30.0 Å². The van der Waals surface area contributed by atoms with Crippen LogP contribution in [0.5, 0.6) is 0 Å². The number of carbonyl (C=O) groups excluding carboxylic acids is 2. The standard InChI is InChI=1S/C33H36BrN3O5Si/c1-20-31(43(2,3)41)29(13-14-38)42-33(20)26-17-23(34)11-12-28(26)37(32(33)40)19-21-7-6-8-24(15-21)36-30(39)16-22-18-35-27-10-5-4-9-25(22)27/h4-12,15,17-18,20,29,31,35,38,41H,13-14,16,19H2,1-3H3,(H,36,39)/t20-,29+,31-,33+/m1/s1. The molecule has 1 aromatic heterocycles. The van der Waals surface area contributed by atoms with Crippen molar-refractivity contribution in [3.63, 3.8) is 0 Å². The van der Waals surface area contributed by atoms with Crippen LogP contribution in [0.3, 0.4) is 0 Å². The smallest absolute Gasteiger partial charge is 0.264 e. The molecule has 3 heterocycles. The predicted molar refractivity (Wildman–Crippen MR) is 173 cm³/mol. The molecule has 224 valence electrons. The molecule has 0 aliphatic carbocycles. The molecule has 0 saturated carbocycles. The molecule has 1 fully saturated rings. The third-order valence-corrected chi connectivity index (χ3v) is 11.9. The van der Waals surface area contributed by atoms with Gasteiger partial charge in [-0.05, 0) is 67.0 Å². The lowest BCUT2D eigenvalue weighted by Crippen LogP contribution is -2.46. The molecule has 10 heteroatoms. The number of fused-ring (bicyclic) bond motifs is 3. The zero-order chi connectivity index (χ0) is 30.5. The Balaban J connectivity index is 1.27. The Bertz CT molecular complexity index is 1700. The third kappa shape index (κ3) is 5.25. The van der Waals surface area contributed by atoms with E-state index in [1.807, 2.05) is 92.9 Å². The van der Waals surface area contributed by atoms with Crippen LogP contribution in [-0.4, -0.2) is 47.7 Å². The summed E-state index contributed by atoms with van der Waals surface area (Å²) in [4.78, 5) is 43.7. The molecule has 2 amide bonds. The lowest BCUT2D eigenvalue weighted by Gasteiger charge is -2.32. The fraction of sp³-hybridized carbons (Fsp3) is 0.333. The predicted octanol–water partition coefficient (Wildman–Crippen LogP) is 5.84. The molecule has 4 atom stereocenters. The number of rotatable bonds is 8. The second-order valence-corrected chi connectivity index (χ2v) is 17.1. The summed E-state index contributed by atoms with van der Waals surface area (Å²) in [5.41, 5.74) is 3.47. The highest BCUT2D eigenvalue weighted by Gasteiger charge is 2.66. The van der Waals surface area contributed by atoms with E-state index in [2.05, 4.69) is 26.2 Å². The number of benzene rings is 3. The van der Waals surface area contributed by atoms with E-state index >= 15 is 0 Å². The number of anilines is 2. The summed E-state index contributed by atoms with van der Waals surface area (Å²) >= 11 is 3.58. The van der Waals surface area contributed by atoms with E-state index in [9.17, 15) is 19.5 Å². The van der Waals surface area contributed by atoms with Crippen molar-refractivity contribution in [3.05, 3.63) is 94.1 Å². The Morgan fingerprint density at radius 1 is 1.14 bits per heavy atom. The summed E-state index contributed by atoms with van der Waals surface area (Å²) in [5, 5.41) is 13.8. The van der Waals surface area contributed by atoms with E-state index in [4.69, 9.17) is 4.74 Å². The monoisotopic (exact) mass is 661 g/mol. The number of aromatic nitrogens is 1. The number of carbonyl (C=O) groups is 2. The lowest BCUT2D eigenvalue weighted by atomic mass is 9.82. The Morgan fingerprint density at radius 3 is 2.70 bits per heavy atom. The van der Waals surface area contributed by atoms with Crippen molar-refractivity contribution in [1.29, 1.82) is 0 Å². The van der Waals surface area contributed by atoms with E-state index in [0.717, 1.165) is 37.8 Å². The molecule has 0 radical (unpaired) electrons. The number of nitrogens with zero attached hydrogens (tertiary/aromatic N) is 1. The normalized spacial score (nSPS) is 23.3. The maximum absolute atomic E-state index is 14.5. The minimum Gasteiger partial charge on any atom is -0.432 e. The first-order valence-electron chi connectivity index (χ1n) is 14.6. The largest absolute Gasteiger partial charge is 0.432 e. The van der Waals surface area contributed by atoms with E-state index in [0.29, 0.717) is 12.1 Å². The summed E-state index contributed by atoms with van der Waals surface area (Å²) in [5.74, 6) is -0.597. The molecule has 43 heavy (non-hydrogen) atoms. The maximum atomic E-state index is 14.5. The molecule has 4 aromatic rings. The molecule has 6 rings (SSSR count). The summed E-state index contributed by atoms with van der Waals surface area (Å²) in [6, 6.07) is 21.2. The second-order valence-electron chi connectivity index (χ2n) is 12.2.